The molecule has 1 fully saturated rings. The molecule has 6 nitrogen and oxygen atoms in total. The van der Waals surface area contributed by atoms with Crippen LogP contribution in [0.25, 0.3) is 5.78 Å². The molecule has 0 bridgehead atoms. The first kappa shape index (κ1) is 18.9. The maximum Gasteiger partial charge on any atom is 0.280 e. The van der Waals surface area contributed by atoms with E-state index in [1.54, 1.807) is 11.3 Å². The topological polar surface area (TPSA) is 63.4 Å². The van der Waals surface area contributed by atoms with Gasteiger partial charge >= 0.3 is 0 Å². The third-order valence-electron chi connectivity index (χ3n) is 5.18. The molecule has 3 aromatic heterocycles. The van der Waals surface area contributed by atoms with Gasteiger partial charge in [-0.25, -0.2) is 13.8 Å². The Hall–Kier alpha value is -2.42. The highest BCUT2D eigenvalue weighted by atomic mass is 32.1. The van der Waals surface area contributed by atoms with Crippen molar-refractivity contribution in [2.24, 2.45) is 5.92 Å². The Bertz CT molecular complexity index is 959. The first-order valence-corrected chi connectivity index (χ1v) is 10.2. The largest absolute Gasteiger partial charge is 0.342 e. The van der Waals surface area contributed by atoms with Gasteiger partial charge in [0, 0.05) is 29.8 Å². The van der Waals surface area contributed by atoms with Gasteiger partial charge in [0.05, 0.1) is 5.69 Å². The normalized spacial score (nSPS) is 18.7. The number of alkyl halides is 2. The van der Waals surface area contributed by atoms with Gasteiger partial charge in [-0.05, 0) is 36.8 Å². The molecule has 0 aromatic carbocycles. The van der Waals surface area contributed by atoms with Crippen molar-refractivity contribution >= 4 is 23.0 Å². The molecule has 1 amide bonds. The van der Waals surface area contributed by atoms with Gasteiger partial charge in [-0.2, -0.15) is 14.6 Å². The third-order valence-corrected chi connectivity index (χ3v) is 6.08. The third kappa shape index (κ3) is 3.76. The van der Waals surface area contributed by atoms with E-state index in [0.717, 1.165) is 23.8 Å². The fourth-order valence-corrected chi connectivity index (χ4v) is 4.60. The highest BCUT2D eigenvalue weighted by Gasteiger charge is 2.29. The zero-order chi connectivity index (χ0) is 19.7. The predicted molar refractivity (Wildman–Crippen MR) is 101 cm³/mol. The van der Waals surface area contributed by atoms with Crippen LogP contribution in [-0.4, -0.2) is 43.5 Å². The van der Waals surface area contributed by atoms with Crippen LogP contribution in [0.2, 0.25) is 0 Å². The Morgan fingerprint density at radius 3 is 3.04 bits per heavy atom. The van der Waals surface area contributed by atoms with Gasteiger partial charge < -0.3 is 4.90 Å². The van der Waals surface area contributed by atoms with Crippen molar-refractivity contribution in [2.75, 3.05) is 13.1 Å². The second kappa shape index (κ2) is 7.90. The van der Waals surface area contributed by atoms with E-state index in [-0.39, 0.29) is 29.2 Å². The van der Waals surface area contributed by atoms with Crippen molar-refractivity contribution in [1.29, 1.82) is 0 Å². The maximum atomic E-state index is 13.4. The molecule has 4 heterocycles. The number of thiophene rings is 1. The van der Waals surface area contributed by atoms with Gasteiger partial charge in [0.25, 0.3) is 12.2 Å². The summed E-state index contributed by atoms with van der Waals surface area (Å²) in [5, 5.41) is 5.84. The van der Waals surface area contributed by atoms with Crippen LogP contribution in [0.3, 0.4) is 0 Å². The minimum Gasteiger partial charge on any atom is -0.342 e. The number of fused-ring (bicyclic) bond motifs is 1. The number of hydrogen-bond donors (Lipinski definition) is 0. The Labute approximate surface area is 165 Å². The van der Waals surface area contributed by atoms with Gasteiger partial charge in [-0.1, -0.05) is 13.0 Å². The number of carbonyl (C=O) groups excluding carboxylic acids is 1. The summed E-state index contributed by atoms with van der Waals surface area (Å²) in [6, 6.07) is 5.43. The molecule has 0 aliphatic carbocycles. The van der Waals surface area contributed by atoms with Crippen molar-refractivity contribution in [3.05, 3.63) is 46.2 Å². The number of carbonyl (C=O) groups is 1. The van der Waals surface area contributed by atoms with E-state index in [9.17, 15) is 13.6 Å². The second-order valence-electron chi connectivity index (χ2n) is 7.19. The standard InChI is InChI=1S/C19H21F2N5OS/c1-12(8-14-5-3-7-28-14)18(27)25-6-2-4-13(10-25)15-9-16(17(20)21)26-19(24-15)22-11-23-26/h3,5,7,9,11-13,17H,2,4,6,8,10H2,1H3/t12-,13+/m1/s1. The van der Waals surface area contributed by atoms with Gasteiger partial charge in [0.2, 0.25) is 5.91 Å². The van der Waals surface area contributed by atoms with Crippen molar-refractivity contribution in [3.8, 4) is 0 Å². The van der Waals surface area contributed by atoms with Crippen molar-refractivity contribution in [3.63, 3.8) is 0 Å². The number of likely N-dealkylation sites (tertiary alicyclic amines) is 1. The molecule has 0 N–H and O–H groups in total. The highest BCUT2D eigenvalue weighted by molar-refractivity contribution is 7.09. The van der Waals surface area contributed by atoms with Crippen molar-refractivity contribution < 1.29 is 13.6 Å². The molecule has 0 saturated carbocycles. The molecular formula is C19H21F2N5OS. The summed E-state index contributed by atoms with van der Waals surface area (Å²) in [7, 11) is 0. The molecule has 3 aromatic rings. The zero-order valence-corrected chi connectivity index (χ0v) is 16.3. The molecule has 0 unspecified atom stereocenters. The Balaban J connectivity index is 1.52. The van der Waals surface area contributed by atoms with Gasteiger partial charge in [0.15, 0.2) is 0 Å². The number of aromatic nitrogens is 4. The summed E-state index contributed by atoms with van der Waals surface area (Å²) >= 11 is 1.65. The number of hydrogen-bond acceptors (Lipinski definition) is 5. The van der Waals surface area contributed by atoms with E-state index >= 15 is 0 Å². The van der Waals surface area contributed by atoms with Crippen molar-refractivity contribution in [2.45, 2.75) is 38.5 Å². The number of halogens is 2. The Morgan fingerprint density at radius 1 is 1.43 bits per heavy atom. The predicted octanol–water partition coefficient (Wildman–Crippen LogP) is 3.71. The minimum atomic E-state index is -2.67. The van der Waals surface area contributed by atoms with Gasteiger partial charge in [-0.15, -0.1) is 11.3 Å². The first-order valence-electron chi connectivity index (χ1n) is 9.33. The summed E-state index contributed by atoms with van der Waals surface area (Å²) in [5.74, 6) is 0.0878. The summed E-state index contributed by atoms with van der Waals surface area (Å²) in [5.41, 5.74) is 0.339. The average molecular weight is 405 g/mol. The zero-order valence-electron chi connectivity index (χ0n) is 15.5. The van der Waals surface area contributed by atoms with Crippen LogP contribution < -0.4 is 0 Å². The van der Waals surface area contributed by atoms with E-state index in [1.165, 1.54) is 17.3 Å². The summed E-state index contributed by atoms with van der Waals surface area (Å²) in [6.45, 7) is 3.13. The lowest BCUT2D eigenvalue weighted by Gasteiger charge is -2.34. The molecule has 28 heavy (non-hydrogen) atoms. The molecule has 4 rings (SSSR count). The molecule has 9 heteroatoms. The number of nitrogens with zero attached hydrogens (tertiary/aromatic N) is 5. The average Bonchev–Trinajstić information content (AvgIpc) is 3.38. The lowest BCUT2D eigenvalue weighted by atomic mass is 9.92. The van der Waals surface area contributed by atoms with Crippen LogP contribution in [0.15, 0.2) is 29.9 Å². The first-order chi connectivity index (χ1) is 13.5. The number of rotatable bonds is 5. The molecule has 0 spiro atoms. The van der Waals surface area contributed by atoms with Crippen LogP contribution in [0, 0.1) is 5.92 Å². The fraction of sp³-hybridized carbons (Fsp3) is 0.474. The number of piperidine rings is 1. The van der Waals surface area contributed by atoms with Crippen LogP contribution >= 0.6 is 11.3 Å². The van der Waals surface area contributed by atoms with Crippen LogP contribution in [-0.2, 0) is 11.2 Å². The van der Waals surface area contributed by atoms with E-state index in [4.69, 9.17) is 0 Å². The van der Waals surface area contributed by atoms with Crippen LogP contribution in [0.5, 0.6) is 0 Å². The number of amides is 1. The van der Waals surface area contributed by atoms with E-state index in [1.807, 2.05) is 29.3 Å². The van der Waals surface area contributed by atoms with E-state index in [2.05, 4.69) is 15.1 Å². The lowest BCUT2D eigenvalue weighted by molar-refractivity contribution is -0.136. The van der Waals surface area contributed by atoms with E-state index in [0.29, 0.717) is 18.8 Å². The van der Waals surface area contributed by atoms with E-state index < -0.39 is 6.43 Å². The molecule has 2 atom stereocenters. The minimum absolute atomic E-state index is 0.0779. The smallest absolute Gasteiger partial charge is 0.280 e. The lowest BCUT2D eigenvalue weighted by Crippen LogP contribution is -2.42. The molecule has 0 radical (unpaired) electrons. The molecule has 1 saturated heterocycles. The SMILES string of the molecule is C[C@H](Cc1cccs1)C(=O)N1CCC[C@H](c2cc(C(F)F)n3ncnc3n2)C1. The Kier molecular flexibility index (Phi) is 5.34. The highest BCUT2D eigenvalue weighted by Crippen LogP contribution is 2.30. The van der Waals surface area contributed by atoms with Gasteiger partial charge in [0.1, 0.15) is 12.0 Å². The monoisotopic (exact) mass is 405 g/mol. The second-order valence-corrected chi connectivity index (χ2v) is 8.22. The van der Waals surface area contributed by atoms with Crippen LogP contribution in [0.1, 0.15) is 48.4 Å². The maximum absolute atomic E-state index is 13.4. The summed E-state index contributed by atoms with van der Waals surface area (Å²) in [6.07, 6.45) is 0.908. The summed E-state index contributed by atoms with van der Waals surface area (Å²) < 4.78 is 27.9. The van der Waals surface area contributed by atoms with Crippen LogP contribution in [0.4, 0.5) is 8.78 Å². The fourth-order valence-electron chi connectivity index (χ4n) is 3.77. The summed E-state index contributed by atoms with van der Waals surface area (Å²) in [4.78, 5) is 24.3. The Morgan fingerprint density at radius 2 is 2.29 bits per heavy atom. The molecule has 1 aliphatic rings. The molecule has 148 valence electrons. The molecule has 1 aliphatic heterocycles. The molecular weight excluding hydrogens is 384 g/mol. The van der Waals surface area contributed by atoms with Gasteiger partial charge in [-0.3, -0.25) is 4.79 Å². The van der Waals surface area contributed by atoms with Crippen molar-refractivity contribution in [1.82, 2.24) is 24.5 Å². The quantitative estimate of drug-likeness (QED) is 0.649.